The van der Waals surface area contributed by atoms with Gasteiger partial charge in [-0.25, -0.2) is 19.8 Å². The predicted molar refractivity (Wildman–Crippen MR) is 127 cm³/mol. The first-order valence-electron chi connectivity index (χ1n) is 10.5. The molecule has 0 saturated carbocycles. The number of nitrogens with zero attached hydrogens (tertiary/aromatic N) is 4. The number of hydrogen-bond donors (Lipinski definition) is 4. The van der Waals surface area contributed by atoms with Crippen LogP contribution in [0.5, 0.6) is 0 Å². The third-order valence-corrected chi connectivity index (χ3v) is 5.37. The Morgan fingerprint density at radius 1 is 1.03 bits per heavy atom. The average molecular weight is 434 g/mol. The molecule has 32 heavy (non-hydrogen) atoms. The predicted octanol–water partition coefficient (Wildman–Crippen LogP) is 2.58. The van der Waals surface area contributed by atoms with Gasteiger partial charge in [-0.1, -0.05) is 18.2 Å². The molecule has 0 aliphatic heterocycles. The number of nitrogens with two attached hydrogens (primary N) is 2. The van der Waals surface area contributed by atoms with E-state index < -0.39 is 0 Å². The van der Waals surface area contributed by atoms with Crippen molar-refractivity contribution in [1.82, 2.24) is 19.4 Å². The highest BCUT2D eigenvalue weighted by Crippen LogP contribution is 2.26. The van der Waals surface area contributed by atoms with Crippen molar-refractivity contribution in [2.75, 3.05) is 36.6 Å². The van der Waals surface area contributed by atoms with Crippen molar-refractivity contribution in [3.63, 3.8) is 0 Å². The zero-order valence-electron chi connectivity index (χ0n) is 18.8. The van der Waals surface area contributed by atoms with Gasteiger partial charge in [0.2, 0.25) is 11.6 Å². The lowest BCUT2D eigenvalue weighted by Crippen LogP contribution is -2.76. The second-order valence-corrected chi connectivity index (χ2v) is 7.70. The highest BCUT2D eigenvalue weighted by molar-refractivity contribution is 5.70. The molecule has 4 rings (SSSR count). The second kappa shape index (κ2) is 9.21. The summed E-state index contributed by atoms with van der Waals surface area (Å²) in [6, 6.07) is 12.0. The summed E-state index contributed by atoms with van der Waals surface area (Å²) < 4.78 is 1.98. The highest BCUT2D eigenvalue weighted by atomic mass is 16.6. The highest BCUT2D eigenvalue weighted by Gasteiger charge is 2.12. The van der Waals surface area contributed by atoms with Crippen LogP contribution in [0.3, 0.4) is 0 Å². The van der Waals surface area contributed by atoms with Crippen LogP contribution in [-0.2, 0) is 4.84 Å². The Hall–Kier alpha value is -3.69. The fraction of sp³-hybridized carbons (Fsp3) is 0.261. The molecular weight excluding hydrogens is 404 g/mol. The first-order valence-corrected chi connectivity index (χ1v) is 10.5. The first kappa shape index (κ1) is 21.5. The number of anilines is 3. The molecule has 9 heteroatoms. The van der Waals surface area contributed by atoms with Crippen LogP contribution in [0.15, 0.2) is 42.6 Å². The monoisotopic (exact) mass is 433 g/mol. The zero-order chi connectivity index (χ0) is 22.7. The number of aromatic nitrogens is 4. The number of aryl methyl sites for hydroxylation is 2. The number of benzene rings is 1. The summed E-state index contributed by atoms with van der Waals surface area (Å²) in [7, 11) is 1.58. The Morgan fingerprint density at radius 3 is 2.62 bits per heavy atom. The molecule has 0 bridgehead atoms. The van der Waals surface area contributed by atoms with Crippen molar-refractivity contribution in [3.05, 3.63) is 59.4 Å². The maximum atomic E-state index is 5.96. The van der Waals surface area contributed by atoms with Gasteiger partial charge >= 0.3 is 0 Å². The molecule has 9 nitrogen and oxygen atoms in total. The Kier molecular flexibility index (Phi) is 6.20. The summed E-state index contributed by atoms with van der Waals surface area (Å²) in [4.78, 5) is 18.9. The molecule has 0 amide bonds. The number of nitrogens with one attached hydrogen (secondary N) is 2. The Labute approximate surface area is 187 Å². The van der Waals surface area contributed by atoms with Gasteiger partial charge in [-0.2, -0.15) is 5.48 Å². The van der Waals surface area contributed by atoms with E-state index in [1.807, 2.05) is 35.7 Å². The average Bonchev–Trinajstić information content (AvgIpc) is 3.15. The van der Waals surface area contributed by atoms with Gasteiger partial charge in [0, 0.05) is 37.0 Å². The van der Waals surface area contributed by atoms with Crippen LogP contribution in [0.1, 0.15) is 16.8 Å². The summed E-state index contributed by atoms with van der Waals surface area (Å²) in [5, 5.41) is 6.71. The summed E-state index contributed by atoms with van der Waals surface area (Å²) in [5.74, 6) is 1.87. The topological polar surface area (TPSA) is 119 Å². The molecule has 0 atom stereocenters. The van der Waals surface area contributed by atoms with E-state index in [1.165, 1.54) is 11.1 Å². The van der Waals surface area contributed by atoms with Gasteiger partial charge in [-0.15, -0.1) is 0 Å². The minimum atomic E-state index is 0.420. The number of fused-ring (bicyclic) bond motifs is 1. The third-order valence-electron chi connectivity index (χ3n) is 5.37. The van der Waals surface area contributed by atoms with Crippen molar-refractivity contribution < 1.29 is 10.3 Å². The number of quaternary nitrogens is 1. The number of pyridine rings is 1. The van der Waals surface area contributed by atoms with Gasteiger partial charge in [0.25, 0.3) is 0 Å². The molecule has 4 aromatic rings. The normalized spacial score (nSPS) is 11.1. The molecule has 0 saturated heterocycles. The maximum Gasteiger partial charge on any atom is 0.209 e. The van der Waals surface area contributed by atoms with Crippen LogP contribution in [0.2, 0.25) is 0 Å². The smallest absolute Gasteiger partial charge is 0.209 e. The lowest BCUT2D eigenvalue weighted by Gasteiger charge is -2.13. The Morgan fingerprint density at radius 2 is 1.84 bits per heavy atom. The quantitative estimate of drug-likeness (QED) is 0.249. The minimum absolute atomic E-state index is 0.420. The van der Waals surface area contributed by atoms with E-state index in [1.54, 1.807) is 12.6 Å². The van der Waals surface area contributed by atoms with E-state index in [0.717, 1.165) is 34.2 Å². The number of imidazole rings is 1. The first-order chi connectivity index (χ1) is 15.5. The van der Waals surface area contributed by atoms with Crippen LogP contribution in [0.4, 0.5) is 23.3 Å². The second-order valence-electron chi connectivity index (χ2n) is 7.70. The Balaban J connectivity index is 1.51. The van der Waals surface area contributed by atoms with Crippen LogP contribution in [0, 0.1) is 20.8 Å². The van der Waals surface area contributed by atoms with Gasteiger partial charge in [0.15, 0.2) is 5.82 Å². The van der Waals surface area contributed by atoms with E-state index in [2.05, 4.69) is 52.6 Å². The zero-order valence-corrected chi connectivity index (χ0v) is 18.8. The van der Waals surface area contributed by atoms with Gasteiger partial charge in [0.05, 0.1) is 18.5 Å². The lowest BCUT2D eigenvalue weighted by molar-refractivity contribution is -0.829. The van der Waals surface area contributed by atoms with Gasteiger partial charge in [0.1, 0.15) is 11.5 Å². The molecule has 6 N–H and O–H groups in total. The summed E-state index contributed by atoms with van der Waals surface area (Å²) >= 11 is 0. The fourth-order valence-electron chi connectivity index (χ4n) is 3.58. The van der Waals surface area contributed by atoms with Gasteiger partial charge in [-0.05, 0) is 38.0 Å². The van der Waals surface area contributed by atoms with Crippen LogP contribution >= 0.6 is 0 Å². The van der Waals surface area contributed by atoms with E-state index in [0.29, 0.717) is 24.7 Å². The Bertz CT molecular complexity index is 1250. The maximum absolute atomic E-state index is 5.96. The SMILES string of the molecule is CO[NH2+]c1ccc(NCCNc2nc(-c3cccc(C)c3C)cc3nc(C)cn23)nc1N. The molecule has 1 aromatic carbocycles. The molecular formula is C23H29N8O+. The summed E-state index contributed by atoms with van der Waals surface area (Å²) in [5.41, 5.74) is 14.6. The van der Waals surface area contributed by atoms with Crippen LogP contribution in [0.25, 0.3) is 16.9 Å². The molecule has 0 unspecified atom stereocenters. The van der Waals surface area contributed by atoms with Gasteiger partial charge in [-0.3, -0.25) is 4.40 Å². The third kappa shape index (κ3) is 4.48. The summed E-state index contributed by atoms with van der Waals surface area (Å²) in [6.07, 6.45) is 1.98. The fourth-order valence-corrected chi connectivity index (χ4v) is 3.58. The molecule has 0 aliphatic rings. The minimum Gasteiger partial charge on any atom is -0.379 e. The summed E-state index contributed by atoms with van der Waals surface area (Å²) in [6.45, 7) is 7.51. The molecule has 166 valence electrons. The molecule has 0 fully saturated rings. The van der Waals surface area contributed by atoms with E-state index >= 15 is 0 Å². The number of hydrogen-bond acceptors (Lipinski definition) is 7. The molecule has 3 heterocycles. The van der Waals surface area contributed by atoms with E-state index in [9.17, 15) is 0 Å². The molecule has 0 radical (unpaired) electrons. The lowest BCUT2D eigenvalue weighted by atomic mass is 10.0. The standard InChI is InChI=1S/C23H28N8O/c1-14-6-5-7-17(16(14)3)19-12-21-27-15(2)13-31(21)23(28-19)26-11-10-25-20-9-8-18(30-32-4)22(24)29-20/h5-9,12-13,30H,10-11H2,1-4H3,(H,26,28)(H3,24,25,29)/p+1. The van der Waals surface area contributed by atoms with Crippen molar-refractivity contribution in [2.24, 2.45) is 0 Å². The van der Waals surface area contributed by atoms with Crippen LogP contribution < -0.4 is 21.8 Å². The van der Waals surface area contributed by atoms with Crippen molar-refractivity contribution in [3.8, 4) is 11.3 Å². The molecule has 0 aliphatic carbocycles. The van der Waals surface area contributed by atoms with Gasteiger partial charge < -0.3 is 16.4 Å². The molecule has 3 aromatic heterocycles. The van der Waals surface area contributed by atoms with E-state index in [4.69, 9.17) is 15.6 Å². The van der Waals surface area contributed by atoms with Crippen molar-refractivity contribution in [2.45, 2.75) is 20.8 Å². The number of rotatable bonds is 8. The number of nitrogen functional groups attached to an aromatic ring is 1. The van der Waals surface area contributed by atoms with Crippen molar-refractivity contribution in [1.29, 1.82) is 0 Å². The van der Waals surface area contributed by atoms with Crippen molar-refractivity contribution >= 4 is 28.9 Å². The largest absolute Gasteiger partial charge is 0.379 e. The van der Waals surface area contributed by atoms with E-state index in [-0.39, 0.29) is 0 Å². The van der Waals surface area contributed by atoms with Crippen LogP contribution in [-0.4, -0.2) is 39.6 Å². The molecule has 0 spiro atoms.